The average Bonchev–Trinajstić information content (AvgIpc) is 3.44. The Kier molecular flexibility index (Phi) is 56.6. The molecule has 2 aromatic carbocycles. The van der Waals surface area contributed by atoms with Gasteiger partial charge in [0.25, 0.3) is 0 Å². The van der Waals surface area contributed by atoms with Crippen molar-refractivity contribution in [3.8, 4) is 0 Å². The fourth-order valence-electron chi connectivity index (χ4n) is 11.2. The number of aliphatic imine (C=N–C) groups is 2. The summed E-state index contributed by atoms with van der Waals surface area (Å²) in [4.78, 5) is 10.1. The zero-order chi connectivity index (χ0) is 54.0. The molecule has 0 fully saturated rings. The smallest absolute Gasteiger partial charge is 0.0665 e. The van der Waals surface area contributed by atoms with E-state index in [-0.39, 0.29) is 16.5 Å². The minimum Gasteiger partial charge on any atom is -0.255 e. The molecular formula is C74H128N2Ni. The van der Waals surface area contributed by atoms with Gasteiger partial charge in [0.2, 0.25) is 0 Å². The first-order valence-electron chi connectivity index (χ1n) is 34.4. The maximum absolute atomic E-state index is 5.15. The molecule has 0 aliphatic heterocycles. The maximum atomic E-state index is 5.15. The van der Waals surface area contributed by atoms with Crippen molar-refractivity contribution in [2.45, 2.75) is 361 Å². The van der Waals surface area contributed by atoms with Gasteiger partial charge in [-0.15, -0.1) is 0 Å². The van der Waals surface area contributed by atoms with E-state index in [9.17, 15) is 0 Å². The molecule has 0 heterocycles. The number of rotatable bonds is 58. The Balaban J connectivity index is 0.0000296. The van der Waals surface area contributed by atoms with E-state index in [1.54, 1.807) is 0 Å². The molecule has 444 valence electrons. The van der Waals surface area contributed by atoms with E-state index in [0.29, 0.717) is 0 Å². The van der Waals surface area contributed by atoms with Crippen LogP contribution in [-0.4, -0.2) is 11.9 Å². The van der Waals surface area contributed by atoms with Gasteiger partial charge in [-0.3, -0.25) is 9.98 Å². The Bertz CT molecular complexity index is 1620. The Morgan fingerprint density at radius 2 is 0.545 bits per heavy atom. The van der Waals surface area contributed by atoms with Gasteiger partial charge in [0, 0.05) is 22.7 Å². The first-order chi connectivity index (χ1) is 37.8. The third kappa shape index (κ3) is 48.2. The third-order valence-electron chi connectivity index (χ3n) is 16.4. The van der Waals surface area contributed by atoms with E-state index in [4.69, 9.17) is 9.98 Å². The SMILES string of the molecule is CCCCCCCCCCCCCCCCCCCCCCCCC=CCCCc1ccccc1N=CC(CC)=Nc1ccccc1CCCC=CCCCCCCCCCCCCCCCCCCCCCCCC.[Ni]. The van der Waals surface area contributed by atoms with Crippen molar-refractivity contribution >= 4 is 23.3 Å². The summed E-state index contributed by atoms with van der Waals surface area (Å²) in [7, 11) is 0. The van der Waals surface area contributed by atoms with Crippen molar-refractivity contribution in [3.63, 3.8) is 0 Å². The van der Waals surface area contributed by atoms with Crippen molar-refractivity contribution in [1.29, 1.82) is 0 Å². The van der Waals surface area contributed by atoms with Crippen LogP contribution >= 0.6 is 0 Å². The van der Waals surface area contributed by atoms with Crippen LogP contribution in [0.25, 0.3) is 0 Å². The average molecular weight is 1100 g/mol. The third-order valence-corrected chi connectivity index (χ3v) is 16.4. The van der Waals surface area contributed by atoms with Gasteiger partial charge < -0.3 is 0 Å². The number of para-hydroxylation sites is 2. The van der Waals surface area contributed by atoms with Crippen LogP contribution in [-0.2, 0) is 29.3 Å². The molecule has 0 aromatic heterocycles. The molecule has 3 heteroatoms. The van der Waals surface area contributed by atoms with E-state index < -0.39 is 0 Å². The fourth-order valence-corrected chi connectivity index (χ4v) is 11.2. The van der Waals surface area contributed by atoms with Crippen molar-refractivity contribution < 1.29 is 16.5 Å². The fraction of sp³-hybridized carbons (Fsp3) is 0.757. The van der Waals surface area contributed by atoms with Gasteiger partial charge in [0.05, 0.1) is 17.1 Å². The molecule has 0 unspecified atom stereocenters. The first kappa shape index (κ1) is 72.8. The first-order valence-corrected chi connectivity index (χ1v) is 34.4. The van der Waals surface area contributed by atoms with Gasteiger partial charge in [0.15, 0.2) is 0 Å². The zero-order valence-corrected chi connectivity index (χ0v) is 52.7. The van der Waals surface area contributed by atoms with Gasteiger partial charge in [-0.25, -0.2) is 0 Å². The molecule has 77 heavy (non-hydrogen) atoms. The van der Waals surface area contributed by atoms with Crippen LogP contribution in [0.3, 0.4) is 0 Å². The molecule has 0 saturated carbocycles. The van der Waals surface area contributed by atoms with Crippen LogP contribution in [0.15, 0.2) is 82.8 Å². The number of hydrogen-bond acceptors (Lipinski definition) is 2. The second kappa shape index (κ2) is 59.9. The van der Waals surface area contributed by atoms with Gasteiger partial charge in [-0.05, 0) is 93.9 Å². The van der Waals surface area contributed by atoms with Crippen LogP contribution in [0, 0.1) is 0 Å². The molecule has 0 saturated heterocycles. The molecule has 0 amide bonds. The summed E-state index contributed by atoms with van der Waals surface area (Å²) in [5.74, 6) is 0. The number of unbranched alkanes of at least 4 members (excludes halogenated alkanes) is 46. The summed E-state index contributed by atoms with van der Waals surface area (Å²) in [6.45, 7) is 6.81. The summed E-state index contributed by atoms with van der Waals surface area (Å²) in [6.07, 6.45) is 85.5. The second-order valence-electron chi connectivity index (χ2n) is 23.6. The minimum absolute atomic E-state index is 0. The second-order valence-corrected chi connectivity index (χ2v) is 23.6. The van der Waals surface area contributed by atoms with E-state index >= 15 is 0 Å². The molecule has 0 radical (unpaired) electrons. The number of nitrogens with zero attached hydrogens (tertiary/aromatic N) is 2. The van der Waals surface area contributed by atoms with E-state index in [1.165, 1.54) is 319 Å². The van der Waals surface area contributed by atoms with Gasteiger partial charge in [-0.2, -0.15) is 0 Å². The van der Waals surface area contributed by atoms with Gasteiger partial charge in [0.1, 0.15) is 0 Å². The molecule has 0 N–H and O–H groups in total. The molecule has 2 aromatic rings. The minimum atomic E-state index is 0. The van der Waals surface area contributed by atoms with Crippen molar-refractivity contribution in [2.75, 3.05) is 0 Å². The van der Waals surface area contributed by atoms with Crippen molar-refractivity contribution in [3.05, 3.63) is 84.0 Å². The molecule has 0 spiro atoms. The van der Waals surface area contributed by atoms with E-state index in [1.807, 2.05) is 6.21 Å². The van der Waals surface area contributed by atoms with Crippen molar-refractivity contribution in [2.24, 2.45) is 9.98 Å². The van der Waals surface area contributed by atoms with Crippen LogP contribution < -0.4 is 0 Å². The standard InChI is InChI=1S/C74H128N2.Ni/c1-4-7-9-11-13-15-17-19-21-23-25-27-29-31-33-35-37-39-41-43-45-47-49-51-53-55-57-63-70-65-59-61-67-73(70)75-69-72(6-3)76-74-68-62-60-66-71(74)64-58-56-54-52-50-48-46-44-42-40-38-36-34-32-30-28-26-24-22-20-18-16-14-12-10-8-5-2;/h51-54,59-62,65-69H,4-50,55-58,63-64H2,1-3H3;. The zero-order valence-electron chi connectivity index (χ0n) is 51.7. The predicted molar refractivity (Wildman–Crippen MR) is 346 cm³/mol. The Labute approximate surface area is 492 Å². The summed E-state index contributed by atoms with van der Waals surface area (Å²) in [5, 5.41) is 0. The predicted octanol–water partition coefficient (Wildman–Crippen LogP) is 26.3. The Hall–Kier alpha value is -2.25. The molecule has 0 bridgehead atoms. The van der Waals surface area contributed by atoms with Gasteiger partial charge in [-0.1, -0.05) is 351 Å². The van der Waals surface area contributed by atoms with Gasteiger partial charge >= 0.3 is 0 Å². The van der Waals surface area contributed by atoms with Crippen LogP contribution in [0.4, 0.5) is 11.4 Å². The Morgan fingerprint density at radius 3 is 0.844 bits per heavy atom. The monoisotopic (exact) mass is 1100 g/mol. The molecule has 0 aliphatic rings. The molecule has 0 atom stereocenters. The number of allylic oxidation sites excluding steroid dienone is 4. The topological polar surface area (TPSA) is 24.7 Å². The van der Waals surface area contributed by atoms with Crippen molar-refractivity contribution in [1.82, 2.24) is 0 Å². The summed E-state index contributed by atoms with van der Waals surface area (Å²) in [5.41, 5.74) is 5.92. The summed E-state index contributed by atoms with van der Waals surface area (Å²) in [6, 6.07) is 17.4. The van der Waals surface area contributed by atoms with E-state index in [2.05, 4.69) is 93.6 Å². The number of hydrogen-bond donors (Lipinski definition) is 0. The molecule has 2 nitrogen and oxygen atoms in total. The Morgan fingerprint density at radius 1 is 0.299 bits per heavy atom. The summed E-state index contributed by atoms with van der Waals surface area (Å²) >= 11 is 0. The van der Waals surface area contributed by atoms with Crippen LogP contribution in [0.1, 0.15) is 359 Å². The van der Waals surface area contributed by atoms with Crippen LogP contribution in [0.5, 0.6) is 0 Å². The number of aryl methyl sites for hydroxylation is 2. The quantitative estimate of drug-likeness (QED) is 0.0273. The largest absolute Gasteiger partial charge is 0.255 e. The van der Waals surface area contributed by atoms with Crippen LogP contribution in [0.2, 0.25) is 0 Å². The normalized spacial score (nSPS) is 12.1. The summed E-state index contributed by atoms with van der Waals surface area (Å²) < 4.78 is 0. The molecule has 0 aliphatic carbocycles. The maximum Gasteiger partial charge on any atom is 0.0665 e. The molecular weight excluding hydrogens is 976 g/mol. The molecule has 2 rings (SSSR count). The van der Waals surface area contributed by atoms with E-state index in [0.717, 1.165) is 49.2 Å². The number of benzene rings is 2.